The number of aromatic amines is 1. The van der Waals surface area contributed by atoms with E-state index in [0.29, 0.717) is 17.8 Å². The molecule has 0 saturated heterocycles. The molecule has 0 radical (unpaired) electrons. The largest absolute Gasteiger partial charge is 0.493 e. The molecule has 0 saturated carbocycles. The van der Waals surface area contributed by atoms with E-state index in [-0.39, 0.29) is 22.4 Å². The third kappa shape index (κ3) is 3.48. The number of benzene rings is 1. The fourth-order valence-electron chi connectivity index (χ4n) is 1.97. The first-order valence-corrected chi connectivity index (χ1v) is 7.14. The first-order valence-electron chi connectivity index (χ1n) is 6.34. The van der Waals surface area contributed by atoms with Gasteiger partial charge in [-0.1, -0.05) is 48.8 Å². The maximum absolute atomic E-state index is 12.2. The van der Waals surface area contributed by atoms with Crippen LogP contribution < -0.4 is 5.56 Å². The minimum Gasteiger partial charge on any atom is -0.493 e. The number of halogens is 1. The Bertz CT molecular complexity index is 670. The number of nitrogens with zero attached hydrogens (tertiary/aromatic N) is 1. The molecule has 1 heterocycles. The van der Waals surface area contributed by atoms with Gasteiger partial charge in [-0.2, -0.15) is 4.98 Å². The van der Waals surface area contributed by atoms with E-state index in [1.165, 1.54) is 0 Å². The van der Waals surface area contributed by atoms with Gasteiger partial charge >= 0.3 is 0 Å². The Labute approximate surface area is 126 Å². The first kappa shape index (κ1) is 14.8. The number of hydrogen-bond donors (Lipinski definition) is 2. The predicted molar refractivity (Wildman–Crippen MR) is 82.8 cm³/mol. The summed E-state index contributed by atoms with van der Waals surface area (Å²) in [7, 11) is 0. The Morgan fingerprint density at radius 3 is 2.35 bits per heavy atom. The highest BCUT2D eigenvalue weighted by molar-refractivity contribution is 9.10. The van der Waals surface area contributed by atoms with E-state index < -0.39 is 0 Å². The summed E-state index contributed by atoms with van der Waals surface area (Å²) in [5.41, 5.74) is 0.512. The highest BCUT2D eigenvalue weighted by atomic mass is 79.9. The molecule has 0 unspecified atom stereocenters. The van der Waals surface area contributed by atoms with Gasteiger partial charge < -0.3 is 10.1 Å². The van der Waals surface area contributed by atoms with Gasteiger partial charge in [0, 0.05) is 10.9 Å². The summed E-state index contributed by atoms with van der Waals surface area (Å²) in [5.74, 6) is 0.274. The third-order valence-corrected chi connectivity index (χ3v) is 3.31. The lowest BCUT2D eigenvalue weighted by atomic mass is 9.92. The molecular formula is C15H17BrN2O2. The minimum absolute atomic E-state index is 0.0124. The molecule has 0 spiro atoms. The Kier molecular flexibility index (Phi) is 3.99. The van der Waals surface area contributed by atoms with Crippen LogP contribution in [0.15, 0.2) is 33.5 Å². The minimum atomic E-state index is -0.320. The van der Waals surface area contributed by atoms with E-state index in [0.717, 1.165) is 4.47 Å². The van der Waals surface area contributed by atoms with Crippen LogP contribution in [0.1, 0.15) is 26.6 Å². The molecule has 20 heavy (non-hydrogen) atoms. The average molecular weight is 337 g/mol. The highest BCUT2D eigenvalue weighted by Gasteiger charge is 2.17. The number of aromatic hydroxyl groups is 1. The lowest BCUT2D eigenvalue weighted by Gasteiger charge is -2.17. The summed E-state index contributed by atoms with van der Waals surface area (Å²) in [6.07, 6.45) is 0.594. The van der Waals surface area contributed by atoms with Crippen LogP contribution in [0.2, 0.25) is 0 Å². The van der Waals surface area contributed by atoms with Crippen molar-refractivity contribution in [1.82, 2.24) is 9.97 Å². The Hall–Kier alpha value is -1.62. The van der Waals surface area contributed by atoms with Crippen LogP contribution in [0.5, 0.6) is 5.88 Å². The van der Waals surface area contributed by atoms with Crippen molar-refractivity contribution in [2.45, 2.75) is 27.2 Å². The molecule has 0 amide bonds. The summed E-state index contributed by atoms with van der Waals surface area (Å²) in [6.45, 7) is 6.14. The van der Waals surface area contributed by atoms with Crippen LogP contribution in [0.3, 0.4) is 0 Å². The van der Waals surface area contributed by atoms with E-state index in [9.17, 15) is 9.90 Å². The molecule has 1 aromatic heterocycles. The van der Waals surface area contributed by atoms with Crippen molar-refractivity contribution in [3.05, 3.63) is 44.9 Å². The molecule has 0 aliphatic rings. The molecule has 0 aliphatic heterocycles. The van der Waals surface area contributed by atoms with Crippen LogP contribution >= 0.6 is 15.9 Å². The van der Waals surface area contributed by atoms with Crippen molar-refractivity contribution in [1.29, 1.82) is 0 Å². The maximum Gasteiger partial charge on any atom is 0.262 e. The Morgan fingerprint density at radius 1 is 1.25 bits per heavy atom. The molecule has 0 bridgehead atoms. The van der Waals surface area contributed by atoms with Crippen molar-refractivity contribution >= 4 is 15.9 Å². The standard InChI is InChI=1S/C15H17BrN2O2/c1-15(2,3)8-11-17-13(19)12(14(20)18-11)9-4-6-10(16)7-5-9/h4-7H,8H2,1-3H3,(H2,17,18,19,20). The van der Waals surface area contributed by atoms with Crippen LogP contribution in [-0.4, -0.2) is 15.1 Å². The third-order valence-electron chi connectivity index (χ3n) is 2.78. The van der Waals surface area contributed by atoms with Crippen molar-refractivity contribution in [2.75, 3.05) is 0 Å². The molecule has 1 aromatic carbocycles. The Morgan fingerprint density at radius 2 is 1.85 bits per heavy atom. The number of nitrogens with one attached hydrogen (secondary N) is 1. The van der Waals surface area contributed by atoms with Gasteiger partial charge in [-0.25, -0.2) is 0 Å². The molecular weight excluding hydrogens is 320 g/mol. The smallest absolute Gasteiger partial charge is 0.262 e. The van der Waals surface area contributed by atoms with Gasteiger partial charge in [-0.15, -0.1) is 0 Å². The topological polar surface area (TPSA) is 66.0 Å². The first-order chi connectivity index (χ1) is 9.26. The maximum atomic E-state index is 12.2. The fourth-order valence-corrected chi connectivity index (χ4v) is 2.23. The second-order valence-electron chi connectivity index (χ2n) is 5.96. The zero-order valence-corrected chi connectivity index (χ0v) is 13.3. The van der Waals surface area contributed by atoms with Crippen molar-refractivity contribution < 1.29 is 5.11 Å². The fraction of sp³-hybridized carbons (Fsp3) is 0.333. The quantitative estimate of drug-likeness (QED) is 0.882. The van der Waals surface area contributed by atoms with Crippen LogP contribution in [-0.2, 0) is 6.42 Å². The van der Waals surface area contributed by atoms with Gasteiger partial charge in [0.2, 0.25) is 5.88 Å². The number of H-pyrrole nitrogens is 1. The number of hydrogen-bond acceptors (Lipinski definition) is 3. The zero-order chi connectivity index (χ0) is 14.9. The summed E-state index contributed by atoms with van der Waals surface area (Å²) >= 11 is 3.34. The normalized spacial score (nSPS) is 11.6. The molecule has 2 rings (SSSR count). The average Bonchev–Trinajstić information content (AvgIpc) is 2.28. The Balaban J connectivity index is 2.47. The molecule has 4 nitrogen and oxygen atoms in total. The molecule has 2 N–H and O–H groups in total. The van der Waals surface area contributed by atoms with Crippen molar-refractivity contribution in [3.8, 4) is 17.0 Å². The van der Waals surface area contributed by atoms with Crippen LogP contribution in [0.25, 0.3) is 11.1 Å². The molecule has 2 aromatic rings. The highest BCUT2D eigenvalue weighted by Crippen LogP contribution is 2.26. The number of aromatic nitrogens is 2. The van der Waals surface area contributed by atoms with E-state index in [1.807, 2.05) is 32.9 Å². The molecule has 106 valence electrons. The van der Waals surface area contributed by atoms with E-state index in [2.05, 4.69) is 25.9 Å². The second kappa shape index (κ2) is 5.40. The van der Waals surface area contributed by atoms with Crippen LogP contribution in [0.4, 0.5) is 0 Å². The van der Waals surface area contributed by atoms with Gasteiger partial charge in [0.15, 0.2) is 0 Å². The molecule has 5 heteroatoms. The van der Waals surface area contributed by atoms with Gasteiger partial charge in [0.05, 0.1) is 0 Å². The predicted octanol–water partition coefficient (Wildman–Crippen LogP) is 3.49. The van der Waals surface area contributed by atoms with E-state index in [1.54, 1.807) is 12.1 Å². The lowest BCUT2D eigenvalue weighted by Crippen LogP contribution is -2.18. The van der Waals surface area contributed by atoms with Crippen LogP contribution in [0, 0.1) is 5.41 Å². The van der Waals surface area contributed by atoms with Gasteiger partial charge in [-0.05, 0) is 23.1 Å². The van der Waals surface area contributed by atoms with Gasteiger partial charge in [-0.3, -0.25) is 4.79 Å². The van der Waals surface area contributed by atoms with E-state index >= 15 is 0 Å². The summed E-state index contributed by atoms with van der Waals surface area (Å²) < 4.78 is 0.912. The molecule has 0 atom stereocenters. The van der Waals surface area contributed by atoms with Gasteiger partial charge in [0.25, 0.3) is 5.56 Å². The zero-order valence-electron chi connectivity index (χ0n) is 11.7. The van der Waals surface area contributed by atoms with Gasteiger partial charge in [0.1, 0.15) is 11.4 Å². The van der Waals surface area contributed by atoms with E-state index in [4.69, 9.17) is 0 Å². The monoisotopic (exact) mass is 336 g/mol. The molecule has 0 aliphatic carbocycles. The summed E-state index contributed by atoms with van der Waals surface area (Å²) in [6, 6.07) is 7.16. The number of rotatable bonds is 2. The second-order valence-corrected chi connectivity index (χ2v) is 6.87. The lowest BCUT2D eigenvalue weighted by molar-refractivity contribution is 0.392. The SMILES string of the molecule is CC(C)(C)Cc1nc(O)c(-c2ccc(Br)cc2)c(=O)[nH]1. The summed E-state index contributed by atoms with van der Waals surface area (Å²) in [4.78, 5) is 19.0. The molecule has 0 fully saturated rings. The van der Waals surface area contributed by atoms with Crippen molar-refractivity contribution in [2.24, 2.45) is 5.41 Å². The summed E-state index contributed by atoms with van der Waals surface area (Å²) in [5, 5.41) is 10.0. The van der Waals surface area contributed by atoms with Crippen molar-refractivity contribution in [3.63, 3.8) is 0 Å².